The minimum atomic E-state index is -3.43. The van der Waals surface area contributed by atoms with Crippen LogP contribution >= 0.6 is 0 Å². The molecule has 0 aliphatic carbocycles. The first-order chi connectivity index (χ1) is 9.06. The molecule has 0 aliphatic rings. The molecule has 0 spiro atoms. The Morgan fingerprint density at radius 3 is 2.37 bits per heavy atom. The first kappa shape index (κ1) is 16.1. The number of sulfonamides is 1. The first-order valence-corrected chi connectivity index (χ1v) is 7.78. The van der Waals surface area contributed by atoms with Crippen molar-refractivity contribution in [3.05, 3.63) is 29.8 Å². The number of ether oxygens (including phenoxy) is 1. The Kier molecular flexibility index (Phi) is 6.44. The third kappa shape index (κ3) is 4.28. The number of methoxy groups -OCH3 is 1. The number of rotatable bonds is 8. The molecule has 0 aliphatic heterocycles. The highest BCUT2D eigenvalue weighted by Crippen LogP contribution is 2.16. The summed E-state index contributed by atoms with van der Waals surface area (Å²) in [4.78, 5) is 0.311. The second-order valence-electron chi connectivity index (χ2n) is 4.17. The van der Waals surface area contributed by atoms with Crippen molar-refractivity contribution in [2.75, 3.05) is 33.4 Å². The average molecular weight is 286 g/mol. The normalized spacial score (nSPS) is 12.0. The van der Waals surface area contributed by atoms with Gasteiger partial charge in [0.05, 0.1) is 11.5 Å². The Morgan fingerprint density at radius 1 is 1.26 bits per heavy atom. The van der Waals surface area contributed by atoms with Crippen molar-refractivity contribution in [3.8, 4) is 0 Å². The molecule has 1 aromatic carbocycles. The zero-order valence-corrected chi connectivity index (χ0v) is 12.3. The molecule has 0 atom stereocenters. The van der Waals surface area contributed by atoms with Gasteiger partial charge in [0.2, 0.25) is 10.0 Å². The Labute approximate surface area is 115 Å². The molecule has 0 bridgehead atoms. The molecule has 19 heavy (non-hydrogen) atoms. The lowest BCUT2D eigenvalue weighted by Crippen LogP contribution is -2.33. The van der Waals surface area contributed by atoms with Gasteiger partial charge in [-0.05, 0) is 30.7 Å². The smallest absolute Gasteiger partial charge is 0.243 e. The van der Waals surface area contributed by atoms with E-state index in [1.807, 2.05) is 19.1 Å². The fraction of sp³-hybridized carbons (Fsp3) is 0.538. The summed E-state index contributed by atoms with van der Waals surface area (Å²) in [6, 6.07) is 6.89. The summed E-state index contributed by atoms with van der Waals surface area (Å²) in [5.41, 5.74) is 6.51. The largest absolute Gasteiger partial charge is 0.383 e. The van der Waals surface area contributed by atoms with E-state index in [-0.39, 0.29) is 0 Å². The zero-order chi connectivity index (χ0) is 14.3. The van der Waals surface area contributed by atoms with E-state index in [0.29, 0.717) is 31.1 Å². The van der Waals surface area contributed by atoms with Gasteiger partial charge in [0.25, 0.3) is 0 Å². The van der Waals surface area contributed by atoms with Gasteiger partial charge >= 0.3 is 0 Å². The number of likely N-dealkylation sites (N-methyl/N-ethyl adjacent to an activating group) is 1. The van der Waals surface area contributed by atoms with Crippen LogP contribution in [0.1, 0.15) is 12.5 Å². The summed E-state index contributed by atoms with van der Waals surface area (Å²) in [6.45, 7) is 3.55. The van der Waals surface area contributed by atoms with Crippen LogP contribution in [0, 0.1) is 0 Å². The molecular weight excluding hydrogens is 264 g/mol. The van der Waals surface area contributed by atoms with E-state index in [2.05, 4.69) is 0 Å². The van der Waals surface area contributed by atoms with E-state index in [9.17, 15) is 8.42 Å². The molecular formula is C13H22N2O3S. The highest BCUT2D eigenvalue weighted by atomic mass is 32.2. The number of hydrogen-bond acceptors (Lipinski definition) is 4. The predicted molar refractivity (Wildman–Crippen MR) is 75.5 cm³/mol. The summed E-state index contributed by atoms with van der Waals surface area (Å²) in [5, 5.41) is 0. The number of benzene rings is 1. The van der Waals surface area contributed by atoms with Crippen LogP contribution in [0.5, 0.6) is 0 Å². The van der Waals surface area contributed by atoms with E-state index >= 15 is 0 Å². The van der Waals surface area contributed by atoms with E-state index in [4.69, 9.17) is 10.5 Å². The van der Waals surface area contributed by atoms with Crippen molar-refractivity contribution in [2.24, 2.45) is 5.73 Å². The minimum absolute atomic E-state index is 0.311. The van der Waals surface area contributed by atoms with Crippen LogP contribution in [0.4, 0.5) is 0 Å². The minimum Gasteiger partial charge on any atom is -0.383 e. The summed E-state index contributed by atoms with van der Waals surface area (Å²) in [5.74, 6) is 0. The van der Waals surface area contributed by atoms with Gasteiger partial charge in [-0.1, -0.05) is 19.1 Å². The monoisotopic (exact) mass is 286 g/mol. The van der Waals surface area contributed by atoms with Gasteiger partial charge < -0.3 is 10.5 Å². The molecule has 1 rings (SSSR count). The highest BCUT2D eigenvalue weighted by molar-refractivity contribution is 7.89. The molecule has 2 N–H and O–H groups in total. The standard InChI is InChI=1S/C13H22N2O3S/c1-3-15(10-11-18-2)19(16,17)13-6-4-12(5-7-13)8-9-14/h4-7H,3,8-11,14H2,1-2H3. The summed E-state index contributed by atoms with van der Waals surface area (Å²) in [6.07, 6.45) is 0.751. The zero-order valence-electron chi connectivity index (χ0n) is 11.5. The van der Waals surface area contributed by atoms with Gasteiger partial charge in [-0.25, -0.2) is 8.42 Å². The SMILES string of the molecule is CCN(CCOC)S(=O)(=O)c1ccc(CCN)cc1. The van der Waals surface area contributed by atoms with Crippen molar-refractivity contribution in [1.29, 1.82) is 0 Å². The van der Waals surface area contributed by atoms with E-state index in [1.165, 1.54) is 4.31 Å². The van der Waals surface area contributed by atoms with Crippen LogP contribution in [-0.2, 0) is 21.2 Å². The Morgan fingerprint density at radius 2 is 1.89 bits per heavy atom. The molecule has 1 aromatic rings. The number of nitrogens with two attached hydrogens (primary N) is 1. The average Bonchev–Trinajstić information content (AvgIpc) is 2.40. The molecule has 0 aromatic heterocycles. The summed E-state index contributed by atoms with van der Waals surface area (Å²) in [7, 11) is -1.88. The van der Waals surface area contributed by atoms with Gasteiger partial charge in [-0.2, -0.15) is 4.31 Å². The number of hydrogen-bond donors (Lipinski definition) is 1. The molecule has 0 unspecified atom stereocenters. The van der Waals surface area contributed by atoms with Crippen LogP contribution in [0.25, 0.3) is 0 Å². The second-order valence-corrected chi connectivity index (χ2v) is 6.11. The quantitative estimate of drug-likeness (QED) is 0.769. The van der Waals surface area contributed by atoms with E-state index < -0.39 is 10.0 Å². The molecule has 0 radical (unpaired) electrons. The topological polar surface area (TPSA) is 72.6 Å². The molecule has 6 heteroatoms. The third-order valence-electron chi connectivity index (χ3n) is 2.89. The van der Waals surface area contributed by atoms with Crippen molar-refractivity contribution in [3.63, 3.8) is 0 Å². The van der Waals surface area contributed by atoms with Crippen LogP contribution in [0.3, 0.4) is 0 Å². The lowest BCUT2D eigenvalue weighted by molar-refractivity contribution is 0.180. The molecule has 0 fully saturated rings. The third-order valence-corrected chi connectivity index (χ3v) is 4.88. The fourth-order valence-electron chi connectivity index (χ4n) is 1.79. The molecule has 0 saturated heterocycles. The maximum Gasteiger partial charge on any atom is 0.243 e. The van der Waals surface area contributed by atoms with Gasteiger partial charge in [0, 0.05) is 20.2 Å². The highest BCUT2D eigenvalue weighted by Gasteiger charge is 2.22. The first-order valence-electron chi connectivity index (χ1n) is 6.34. The predicted octanol–water partition coefficient (Wildman–Crippen LogP) is 0.845. The summed E-state index contributed by atoms with van der Waals surface area (Å²) < 4.78 is 31.1. The maximum atomic E-state index is 12.4. The lowest BCUT2D eigenvalue weighted by Gasteiger charge is -2.20. The van der Waals surface area contributed by atoms with Gasteiger partial charge in [0.15, 0.2) is 0 Å². The second kappa shape index (κ2) is 7.59. The number of nitrogens with zero attached hydrogens (tertiary/aromatic N) is 1. The van der Waals surface area contributed by atoms with Crippen molar-refractivity contribution in [2.45, 2.75) is 18.2 Å². The van der Waals surface area contributed by atoms with Crippen LogP contribution < -0.4 is 5.73 Å². The summed E-state index contributed by atoms with van der Waals surface area (Å²) >= 11 is 0. The van der Waals surface area contributed by atoms with Gasteiger partial charge in [-0.15, -0.1) is 0 Å². The van der Waals surface area contributed by atoms with E-state index in [0.717, 1.165) is 12.0 Å². The molecule has 0 saturated carbocycles. The van der Waals surface area contributed by atoms with Crippen LogP contribution in [0.2, 0.25) is 0 Å². The van der Waals surface area contributed by atoms with Crippen LogP contribution in [0.15, 0.2) is 29.2 Å². The van der Waals surface area contributed by atoms with Crippen molar-refractivity contribution in [1.82, 2.24) is 4.31 Å². The maximum absolute atomic E-state index is 12.4. The van der Waals surface area contributed by atoms with E-state index in [1.54, 1.807) is 19.2 Å². The Balaban J connectivity index is 2.91. The Bertz CT molecular complexity index is 471. The fourth-order valence-corrected chi connectivity index (χ4v) is 3.22. The van der Waals surface area contributed by atoms with Crippen LogP contribution in [-0.4, -0.2) is 46.1 Å². The molecule has 0 heterocycles. The lowest BCUT2D eigenvalue weighted by atomic mass is 10.2. The molecule has 5 nitrogen and oxygen atoms in total. The Hall–Kier alpha value is -0.950. The van der Waals surface area contributed by atoms with Crippen molar-refractivity contribution >= 4 is 10.0 Å². The molecule has 108 valence electrons. The van der Waals surface area contributed by atoms with Gasteiger partial charge in [-0.3, -0.25) is 0 Å². The molecule has 0 amide bonds. The van der Waals surface area contributed by atoms with Crippen molar-refractivity contribution < 1.29 is 13.2 Å². The van der Waals surface area contributed by atoms with Gasteiger partial charge in [0.1, 0.15) is 0 Å².